The van der Waals surface area contributed by atoms with E-state index >= 15 is 0 Å². The molecule has 0 aromatic heterocycles. The van der Waals surface area contributed by atoms with Crippen LogP contribution in [0.15, 0.2) is 18.2 Å². The lowest BCUT2D eigenvalue weighted by Gasteiger charge is -2.36. The van der Waals surface area contributed by atoms with Crippen LogP contribution in [-0.4, -0.2) is 34.8 Å². The number of imide groups is 1. The summed E-state index contributed by atoms with van der Waals surface area (Å²) < 4.78 is 5.63. The van der Waals surface area contributed by atoms with E-state index in [0.717, 1.165) is 19.3 Å². The third-order valence-electron chi connectivity index (χ3n) is 5.60. The lowest BCUT2D eigenvalue weighted by molar-refractivity contribution is -0.134. The number of nitrogens with one attached hydrogen (secondary N) is 1. The molecule has 0 unspecified atom stereocenters. The molecule has 0 bridgehead atoms. The van der Waals surface area contributed by atoms with Crippen molar-refractivity contribution in [2.45, 2.75) is 58.5 Å². The molecule has 1 spiro atoms. The van der Waals surface area contributed by atoms with Gasteiger partial charge in [0.1, 0.15) is 11.3 Å². The van der Waals surface area contributed by atoms with Crippen LogP contribution in [0.25, 0.3) is 0 Å². The minimum absolute atomic E-state index is 0.0659. The number of carbonyl (C=O) groups excluding carboxylic acids is 3. The summed E-state index contributed by atoms with van der Waals surface area (Å²) in [6.07, 6.45) is 3.64. The molecule has 1 aliphatic heterocycles. The Balaban J connectivity index is 1.91. The average Bonchev–Trinajstić information content (AvgIpc) is 2.84. The number of Topliss-reactive ketones (excluding diaryl/α,β-unsaturated/α-hetero) is 1. The van der Waals surface area contributed by atoms with Gasteiger partial charge in [0.2, 0.25) is 0 Å². The number of hydrogen-bond donors (Lipinski definition) is 1. The Morgan fingerprint density at radius 3 is 2.77 bits per heavy atom. The molecule has 3 amide bonds. The first-order valence-electron chi connectivity index (χ1n) is 9.30. The summed E-state index contributed by atoms with van der Waals surface area (Å²) in [5, 5.41) is 2.96. The van der Waals surface area contributed by atoms with Crippen molar-refractivity contribution in [1.29, 1.82) is 0 Å². The van der Waals surface area contributed by atoms with Crippen LogP contribution in [0.1, 0.15) is 62.4 Å². The van der Waals surface area contributed by atoms with Crippen LogP contribution < -0.4 is 10.1 Å². The van der Waals surface area contributed by atoms with Crippen LogP contribution in [0.5, 0.6) is 5.75 Å². The van der Waals surface area contributed by atoms with Gasteiger partial charge in [0.15, 0.2) is 5.78 Å². The van der Waals surface area contributed by atoms with E-state index in [2.05, 4.69) is 5.32 Å². The zero-order chi connectivity index (χ0) is 18.9. The molecule has 26 heavy (non-hydrogen) atoms. The standard InChI is InChI=1S/C20H26N2O4/c1-4-26-17-9-8-15(14(3)23)11-16(17)12-22-18(24)20(21-19(22)25)10-6-5-7-13(20)2/h8-9,11,13H,4-7,10,12H2,1-3H3,(H,21,25)/t13-,20+/m0/s1. The average molecular weight is 358 g/mol. The molecule has 1 heterocycles. The van der Waals surface area contributed by atoms with Gasteiger partial charge in [-0.2, -0.15) is 0 Å². The molecular weight excluding hydrogens is 332 g/mol. The first-order chi connectivity index (χ1) is 12.4. The highest BCUT2D eigenvalue weighted by molar-refractivity contribution is 6.07. The summed E-state index contributed by atoms with van der Waals surface area (Å²) >= 11 is 0. The Bertz CT molecular complexity index is 745. The van der Waals surface area contributed by atoms with Crippen molar-refractivity contribution in [3.63, 3.8) is 0 Å². The number of urea groups is 1. The Morgan fingerprint density at radius 1 is 1.35 bits per heavy atom. The van der Waals surface area contributed by atoms with Crippen molar-refractivity contribution in [2.24, 2.45) is 5.92 Å². The van der Waals surface area contributed by atoms with Crippen molar-refractivity contribution < 1.29 is 19.1 Å². The van der Waals surface area contributed by atoms with Gasteiger partial charge in [0, 0.05) is 11.1 Å². The zero-order valence-corrected chi connectivity index (χ0v) is 15.6. The topological polar surface area (TPSA) is 75.7 Å². The van der Waals surface area contributed by atoms with Crippen molar-refractivity contribution >= 4 is 17.7 Å². The highest BCUT2D eigenvalue weighted by Gasteiger charge is 2.54. The number of rotatable bonds is 5. The van der Waals surface area contributed by atoms with Crippen LogP contribution in [0.2, 0.25) is 0 Å². The minimum Gasteiger partial charge on any atom is -0.494 e. The molecule has 140 valence electrons. The van der Waals surface area contributed by atoms with E-state index in [1.807, 2.05) is 13.8 Å². The van der Waals surface area contributed by atoms with E-state index in [1.54, 1.807) is 18.2 Å². The van der Waals surface area contributed by atoms with E-state index in [0.29, 0.717) is 29.9 Å². The van der Waals surface area contributed by atoms with Gasteiger partial charge in [0.25, 0.3) is 5.91 Å². The van der Waals surface area contributed by atoms with Gasteiger partial charge in [-0.05, 0) is 50.8 Å². The zero-order valence-electron chi connectivity index (χ0n) is 15.6. The fourth-order valence-electron chi connectivity index (χ4n) is 4.03. The maximum absolute atomic E-state index is 13.1. The number of ether oxygens (including phenoxy) is 1. The fourth-order valence-corrected chi connectivity index (χ4v) is 4.03. The van der Waals surface area contributed by atoms with E-state index in [4.69, 9.17) is 4.74 Å². The predicted molar refractivity (Wildman–Crippen MR) is 97.1 cm³/mol. The number of carbonyl (C=O) groups is 3. The van der Waals surface area contributed by atoms with E-state index in [-0.39, 0.29) is 30.2 Å². The summed E-state index contributed by atoms with van der Waals surface area (Å²) in [6, 6.07) is 4.78. The molecule has 2 atom stereocenters. The first kappa shape index (κ1) is 18.4. The van der Waals surface area contributed by atoms with Gasteiger partial charge in [-0.25, -0.2) is 4.79 Å². The van der Waals surface area contributed by atoms with Gasteiger partial charge in [0.05, 0.1) is 13.2 Å². The number of amides is 3. The second-order valence-corrected chi connectivity index (χ2v) is 7.25. The Hall–Kier alpha value is -2.37. The van der Waals surface area contributed by atoms with Crippen LogP contribution in [0.3, 0.4) is 0 Å². The quantitative estimate of drug-likeness (QED) is 0.647. The predicted octanol–water partition coefficient (Wildman–Crippen LogP) is 3.29. The molecule has 6 heteroatoms. The molecule has 1 N–H and O–H groups in total. The van der Waals surface area contributed by atoms with Crippen LogP contribution in [-0.2, 0) is 11.3 Å². The number of ketones is 1. The van der Waals surface area contributed by atoms with E-state index < -0.39 is 5.54 Å². The maximum Gasteiger partial charge on any atom is 0.325 e. The van der Waals surface area contributed by atoms with Crippen LogP contribution in [0, 0.1) is 5.92 Å². The fraction of sp³-hybridized carbons (Fsp3) is 0.550. The second kappa shape index (κ2) is 7.09. The van der Waals surface area contributed by atoms with Crippen LogP contribution >= 0.6 is 0 Å². The van der Waals surface area contributed by atoms with Gasteiger partial charge < -0.3 is 10.1 Å². The molecule has 2 aliphatic rings. The largest absolute Gasteiger partial charge is 0.494 e. The monoisotopic (exact) mass is 358 g/mol. The summed E-state index contributed by atoms with van der Waals surface area (Å²) in [4.78, 5) is 38.7. The highest BCUT2D eigenvalue weighted by atomic mass is 16.5. The lowest BCUT2D eigenvalue weighted by Crippen LogP contribution is -2.53. The SMILES string of the molecule is CCOc1ccc(C(C)=O)cc1CN1C(=O)N[C@@]2(CCCC[C@@H]2C)C1=O. The van der Waals surface area contributed by atoms with Gasteiger partial charge in [-0.3, -0.25) is 14.5 Å². The molecule has 1 saturated carbocycles. The smallest absolute Gasteiger partial charge is 0.325 e. The molecule has 2 fully saturated rings. The third kappa shape index (κ3) is 3.08. The van der Waals surface area contributed by atoms with Gasteiger partial charge in [-0.15, -0.1) is 0 Å². The van der Waals surface area contributed by atoms with Crippen molar-refractivity contribution in [3.8, 4) is 5.75 Å². The Kier molecular flexibility index (Phi) is 5.03. The molecule has 3 rings (SSSR count). The Labute approximate surface area is 153 Å². The van der Waals surface area contributed by atoms with E-state index in [9.17, 15) is 14.4 Å². The summed E-state index contributed by atoms with van der Waals surface area (Å²) in [5.41, 5.74) is 0.430. The van der Waals surface area contributed by atoms with Crippen molar-refractivity contribution in [2.75, 3.05) is 6.61 Å². The molecule has 1 aromatic carbocycles. The Morgan fingerprint density at radius 2 is 2.12 bits per heavy atom. The summed E-state index contributed by atoms with van der Waals surface area (Å²) in [7, 11) is 0. The number of benzene rings is 1. The molecule has 1 saturated heterocycles. The van der Waals surface area contributed by atoms with Crippen molar-refractivity contribution in [1.82, 2.24) is 10.2 Å². The lowest BCUT2D eigenvalue weighted by atomic mass is 9.73. The normalized spacial score (nSPS) is 25.5. The molecular formula is C20H26N2O4. The van der Waals surface area contributed by atoms with Crippen LogP contribution in [0.4, 0.5) is 4.79 Å². The van der Waals surface area contributed by atoms with Crippen molar-refractivity contribution in [3.05, 3.63) is 29.3 Å². The van der Waals surface area contributed by atoms with E-state index in [1.165, 1.54) is 11.8 Å². The molecule has 1 aliphatic carbocycles. The highest BCUT2D eigenvalue weighted by Crippen LogP contribution is 2.39. The van der Waals surface area contributed by atoms with Gasteiger partial charge in [-0.1, -0.05) is 19.8 Å². The molecule has 1 aromatic rings. The molecule has 6 nitrogen and oxygen atoms in total. The molecule has 0 radical (unpaired) electrons. The second-order valence-electron chi connectivity index (χ2n) is 7.25. The number of nitrogens with zero attached hydrogens (tertiary/aromatic N) is 1. The van der Waals surface area contributed by atoms with Gasteiger partial charge >= 0.3 is 6.03 Å². The number of hydrogen-bond acceptors (Lipinski definition) is 4. The first-order valence-corrected chi connectivity index (χ1v) is 9.30. The minimum atomic E-state index is -0.778. The summed E-state index contributed by atoms with van der Waals surface area (Å²) in [5.74, 6) is 0.484. The maximum atomic E-state index is 13.1. The summed E-state index contributed by atoms with van der Waals surface area (Å²) in [6.45, 7) is 5.97. The third-order valence-corrected chi connectivity index (χ3v) is 5.60.